The third-order valence-corrected chi connectivity index (χ3v) is 5.90. The lowest BCUT2D eigenvalue weighted by molar-refractivity contribution is -0.142. The highest BCUT2D eigenvalue weighted by Crippen LogP contribution is 2.12. The second-order valence-corrected chi connectivity index (χ2v) is 9.23. The predicted molar refractivity (Wildman–Crippen MR) is 134 cm³/mol. The summed E-state index contributed by atoms with van der Waals surface area (Å²) >= 11 is 1.46. The number of amides is 3. The van der Waals surface area contributed by atoms with Crippen LogP contribution in [0.4, 0.5) is 0 Å². The SMILES string of the molecule is CSCCC(NC(=O)C(Cc1cnc[nH]1)NC(=O)C(C)N)C(=O)NC(Cc1ccc(O)cc1)C(=O)O. The number of hydrogen-bond acceptors (Lipinski definition) is 8. The zero-order valence-corrected chi connectivity index (χ0v) is 20.9. The summed E-state index contributed by atoms with van der Waals surface area (Å²) in [5.74, 6) is -2.51. The lowest BCUT2D eigenvalue weighted by Gasteiger charge is -2.25. The molecular weight excluding hydrogens is 488 g/mol. The minimum Gasteiger partial charge on any atom is -0.508 e. The van der Waals surface area contributed by atoms with Gasteiger partial charge in [0.15, 0.2) is 0 Å². The first kappa shape index (κ1) is 28.7. The van der Waals surface area contributed by atoms with Gasteiger partial charge in [-0.3, -0.25) is 14.4 Å². The quantitative estimate of drug-likeness (QED) is 0.172. The van der Waals surface area contributed by atoms with Crippen LogP contribution in [-0.2, 0) is 32.0 Å². The van der Waals surface area contributed by atoms with Crippen LogP contribution in [0.1, 0.15) is 24.6 Å². The van der Waals surface area contributed by atoms with E-state index in [2.05, 4.69) is 25.9 Å². The van der Waals surface area contributed by atoms with Crippen LogP contribution < -0.4 is 21.7 Å². The Morgan fingerprint density at radius 2 is 1.61 bits per heavy atom. The normalized spacial score (nSPS) is 14.2. The molecule has 3 amide bonds. The Balaban J connectivity index is 2.15. The van der Waals surface area contributed by atoms with Crippen LogP contribution in [-0.4, -0.2) is 80.0 Å². The minimum absolute atomic E-state index is 0.0164. The maximum atomic E-state index is 13.1. The van der Waals surface area contributed by atoms with Gasteiger partial charge in [-0.05, 0) is 43.0 Å². The molecule has 36 heavy (non-hydrogen) atoms. The number of imidazole rings is 1. The third kappa shape index (κ3) is 9.23. The van der Waals surface area contributed by atoms with Gasteiger partial charge in [0.05, 0.1) is 12.4 Å². The summed E-state index contributed by atoms with van der Waals surface area (Å²) in [5, 5.41) is 26.8. The van der Waals surface area contributed by atoms with Crippen LogP contribution in [0.3, 0.4) is 0 Å². The van der Waals surface area contributed by atoms with Gasteiger partial charge in [-0.1, -0.05) is 12.1 Å². The number of carbonyl (C=O) groups is 4. The summed E-state index contributed by atoms with van der Waals surface area (Å²) in [6, 6.07) is 1.78. The van der Waals surface area contributed by atoms with E-state index in [0.717, 1.165) is 0 Å². The van der Waals surface area contributed by atoms with E-state index in [1.807, 2.05) is 6.26 Å². The molecule has 0 bridgehead atoms. The van der Waals surface area contributed by atoms with Crippen molar-refractivity contribution in [1.82, 2.24) is 25.9 Å². The molecule has 12 nitrogen and oxygen atoms in total. The molecule has 4 atom stereocenters. The minimum atomic E-state index is -1.26. The van der Waals surface area contributed by atoms with E-state index in [1.165, 1.54) is 43.3 Å². The Bertz CT molecular complexity index is 1010. The van der Waals surface area contributed by atoms with Crippen LogP contribution >= 0.6 is 11.8 Å². The number of phenolic OH excluding ortho intramolecular Hbond substituents is 1. The number of carboxylic acids is 1. The van der Waals surface area contributed by atoms with Crippen molar-refractivity contribution in [2.45, 2.75) is 50.4 Å². The third-order valence-electron chi connectivity index (χ3n) is 5.26. The van der Waals surface area contributed by atoms with Gasteiger partial charge < -0.3 is 36.9 Å². The number of rotatable bonds is 14. The molecule has 1 aromatic carbocycles. The van der Waals surface area contributed by atoms with Crippen molar-refractivity contribution in [3.05, 3.63) is 48.0 Å². The predicted octanol–water partition coefficient (Wildman–Crippen LogP) is -0.460. The van der Waals surface area contributed by atoms with Gasteiger partial charge in [0.1, 0.15) is 23.9 Å². The second kappa shape index (κ2) is 14.1. The monoisotopic (exact) mass is 520 g/mol. The lowest BCUT2D eigenvalue weighted by atomic mass is 10.0. The number of aromatic nitrogens is 2. The first-order valence-corrected chi connectivity index (χ1v) is 12.6. The van der Waals surface area contributed by atoms with Gasteiger partial charge in [-0.2, -0.15) is 11.8 Å². The number of H-pyrrole nitrogens is 1. The molecule has 8 N–H and O–H groups in total. The molecule has 0 saturated carbocycles. The van der Waals surface area contributed by atoms with Crippen molar-refractivity contribution in [2.75, 3.05) is 12.0 Å². The molecule has 0 radical (unpaired) electrons. The van der Waals surface area contributed by atoms with Gasteiger partial charge in [0, 0.05) is 24.7 Å². The van der Waals surface area contributed by atoms with Crippen LogP contribution in [0.15, 0.2) is 36.8 Å². The Hall–Kier alpha value is -3.58. The number of aromatic hydroxyl groups is 1. The number of aliphatic carboxylic acids is 1. The van der Waals surface area contributed by atoms with Crippen molar-refractivity contribution in [3.63, 3.8) is 0 Å². The fourth-order valence-corrected chi connectivity index (χ4v) is 3.72. The van der Waals surface area contributed by atoms with Gasteiger partial charge in [-0.15, -0.1) is 0 Å². The molecule has 2 aromatic rings. The first-order chi connectivity index (χ1) is 17.1. The second-order valence-electron chi connectivity index (χ2n) is 8.24. The number of benzene rings is 1. The molecule has 13 heteroatoms. The molecular formula is C23H32N6O6S. The summed E-state index contributed by atoms with van der Waals surface area (Å²) < 4.78 is 0. The molecule has 0 aliphatic carbocycles. The van der Waals surface area contributed by atoms with Gasteiger partial charge in [0.25, 0.3) is 0 Å². The zero-order chi connectivity index (χ0) is 26.7. The maximum Gasteiger partial charge on any atom is 0.326 e. The van der Waals surface area contributed by atoms with Gasteiger partial charge >= 0.3 is 5.97 Å². The summed E-state index contributed by atoms with van der Waals surface area (Å²) in [5.41, 5.74) is 6.82. The molecule has 1 aromatic heterocycles. The average molecular weight is 521 g/mol. The van der Waals surface area contributed by atoms with E-state index in [-0.39, 0.29) is 25.0 Å². The number of carbonyl (C=O) groups excluding carboxylic acids is 3. The fourth-order valence-electron chi connectivity index (χ4n) is 3.25. The van der Waals surface area contributed by atoms with E-state index in [0.29, 0.717) is 17.0 Å². The lowest BCUT2D eigenvalue weighted by Crippen LogP contribution is -2.57. The van der Waals surface area contributed by atoms with Crippen molar-refractivity contribution >= 4 is 35.5 Å². The summed E-state index contributed by atoms with van der Waals surface area (Å²) in [7, 11) is 0. The number of phenols is 1. The Labute approximate surface area is 212 Å². The first-order valence-electron chi connectivity index (χ1n) is 11.2. The molecule has 196 valence electrons. The van der Waals surface area contributed by atoms with Crippen molar-refractivity contribution in [1.29, 1.82) is 0 Å². The van der Waals surface area contributed by atoms with Crippen molar-refractivity contribution < 1.29 is 29.4 Å². The smallest absolute Gasteiger partial charge is 0.326 e. The number of nitrogens with one attached hydrogen (secondary N) is 4. The summed E-state index contributed by atoms with van der Waals surface area (Å²) in [4.78, 5) is 56.9. The molecule has 0 fully saturated rings. The van der Waals surface area contributed by atoms with Crippen molar-refractivity contribution in [3.8, 4) is 5.75 Å². The molecule has 0 saturated heterocycles. The number of nitrogens with two attached hydrogens (primary N) is 1. The highest BCUT2D eigenvalue weighted by Gasteiger charge is 2.30. The van der Waals surface area contributed by atoms with E-state index >= 15 is 0 Å². The zero-order valence-electron chi connectivity index (χ0n) is 20.1. The van der Waals surface area contributed by atoms with E-state index < -0.39 is 47.9 Å². The number of thioether (sulfide) groups is 1. The number of nitrogens with zero attached hydrogens (tertiary/aromatic N) is 1. The summed E-state index contributed by atoms with van der Waals surface area (Å²) in [6.07, 6.45) is 5.09. The van der Waals surface area contributed by atoms with Crippen LogP contribution in [0.25, 0.3) is 0 Å². The molecule has 0 aliphatic heterocycles. The van der Waals surface area contributed by atoms with Crippen molar-refractivity contribution in [2.24, 2.45) is 5.73 Å². The maximum absolute atomic E-state index is 13.1. The van der Waals surface area contributed by atoms with E-state index in [9.17, 15) is 29.4 Å². The number of hydrogen-bond donors (Lipinski definition) is 7. The fraction of sp³-hybridized carbons (Fsp3) is 0.435. The Morgan fingerprint density at radius 1 is 1.00 bits per heavy atom. The summed E-state index contributed by atoms with van der Waals surface area (Å²) in [6.45, 7) is 1.48. The Morgan fingerprint density at radius 3 is 2.17 bits per heavy atom. The largest absolute Gasteiger partial charge is 0.508 e. The van der Waals surface area contributed by atoms with Gasteiger partial charge in [-0.25, -0.2) is 9.78 Å². The Kier molecular flexibility index (Phi) is 11.2. The highest BCUT2D eigenvalue weighted by atomic mass is 32.2. The number of carboxylic acid groups (broad SMARTS) is 1. The number of aromatic amines is 1. The molecule has 1 heterocycles. The van der Waals surface area contributed by atoms with E-state index in [4.69, 9.17) is 5.73 Å². The van der Waals surface area contributed by atoms with Crippen LogP contribution in [0.2, 0.25) is 0 Å². The van der Waals surface area contributed by atoms with Crippen LogP contribution in [0, 0.1) is 0 Å². The topological polar surface area (TPSA) is 200 Å². The molecule has 2 rings (SSSR count). The van der Waals surface area contributed by atoms with Gasteiger partial charge in [0.2, 0.25) is 17.7 Å². The molecule has 0 spiro atoms. The molecule has 0 aliphatic rings. The highest BCUT2D eigenvalue weighted by molar-refractivity contribution is 7.98. The standard InChI is InChI=1S/C23H32N6O6S/c1-13(24)20(31)28-18(10-15-11-25-12-26-15)22(33)27-17(7-8-36-2)21(32)29-19(23(34)35)9-14-3-5-16(30)6-4-14/h3-6,11-13,17-19,30H,7-10,24H2,1-2H3,(H,25,26)(H,27,33)(H,28,31)(H,29,32)(H,34,35). The van der Waals surface area contributed by atoms with E-state index in [1.54, 1.807) is 12.1 Å². The molecule has 4 unspecified atom stereocenters. The average Bonchev–Trinajstić information content (AvgIpc) is 3.35. The van der Waals surface area contributed by atoms with Crippen LogP contribution in [0.5, 0.6) is 5.75 Å².